The van der Waals surface area contributed by atoms with Gasteiger partial charge in [0.2, 0.25) is 17.2 Å². The van der Waals surface area contributed by atoms with Gasteiger partial charge in [0.1, 0.15) is 5.01 Å². The molecule has 6 rings (SSSR count). The van der Waals surface area contributed by atoms with Crippen LogP contribution in [-0.2, 0) is 0 Å². The standard InChI is InChI=1S/C29H19NO5S/c31-24-23(25(32)27(34)28(35)26(24)33)21-17-8-4-5-9-18(17)22(29-30-12-13-36-29)19-11-10-16(14-20(19)21)15-6-2-1-3-7-15/h1-14,31-35H. The zero-order chi connectivity index (χ0) is 25.0. The number of hydrogen-bond donors (Lipinski definition) is 5. The first-order chi connectivity index (χ1) is 17.5. The molecule has 7 heteroatoms. The number of rotatable bonds is 3. The lowest BCUT2D eigenvalue weighted by Gasteiger charge is -2.19. The van der Waals surface area contributed by atoms with Crippen molar-refractivity contribution in [2.45, 2.75) is 0 Å². The molecule has 0 radical (unpaired) electrons. The summed E-state index contributed by atoms with van der Waals surface area (Å²) >= 11 is 1.50. The van der Waals surface area contributed by atoms with Crippen molar-refractivity contribution in [2.75, 3.05) is 0 Å². The van der Waals surface area contributed by atoms with Gasteiger partial charge in [0.05, 0.1) is 5.56 Å². The van der Waals surface area contributed by atoms with E-state index in [2.05, 4.69) is 4.98 Å². The largest absolute Gasteiger partial charge is 0.504 e. The highest BCUT2D eigenvalue weighted by Crippen LogP contribution is 2.57. The molecule has 0 aliphatic carbocycles. The Morgan fingerprint density at radius 3 is 1.72 bits per heavy atom. The van der Waals surface area contributed by atoms with Crippen molar-refractivity contribution in [3.63, 3.8) is 0 Å². The van der Waals surface area contributed by atoms with Crippen LogP contribution in [0.1, 0.15) is 0 Å². The van der Waals surface area contributed by atoms with Crippen LogP contribution in [0.2, 0.25) is 0 Å². The van der Waals surface area contributed by atoms with Crippen molar-refractivity contribution >= 4 is 32.9 Å². The number of aromatic hydroxyl groups is 5. The van der Waals surface area contributed by atoms with E-state index in [0.717, 1.165) is 32.5 Å². The zero-order valence-corrected chi connectivity index (χ0v) is 19.5. The highest BCUT2D eigenvalue weighted by Gasteiger charge is 2.28. The van der Waals surface area contributed by atoms with E-state index in [9.17, 15) is 25.5 Å². The Kier molecular flexibility index (Phi) is 4.94. The molecule has 0 unspecified atom stereocenters. The maximum atomic E-state index is 10.9. The summed E-state index contributed by atoms with van der Waals surface area (Å²) < 4.78 is 0. The van der Waals surface area contributed by atoms with Gasteiger partial charge >= 0.3 is 0 Å². The van der Waals surface area contributed by atoms with Crippen LogP contribution in [0.15, 0.2) is 84.4 Å². The van der Waals surface area contributed by atoms with Crippen molar-refractivity contribution in [1.29, 1.82) is 0 Å². The molecule has 0 fully saturated rings. The van der Waals surface area contributed by atoms with E-state index in [1.165, 1.54) is 11.3 Å². The third-order valence-electron chi connectivity index (χ3n) is 6.40. The molecule has 0 saturated carbocycles. The summed E-state index contributed by atoms with van der Waals surface area (Å²) in [5, 5.41) is 58.2. The molecule has 6 nitrogen and oxygen atoms in total. The van der Waals surface area contributed by atoms with Gasteiger partial charge in [0, 0.05) is 22.7 Å². The van der Waals surface area contributed by atoms with Crippen LogP contribution in [0.3, 0.4) is 0 Å². The molecular formula is C29H19NO5S. The first-order valence-corrected chi connectivity index (χ1v) is 12.0. The molecule has 176 valence electrons. The Morgan fingerprint density at radius 1 is 0.500 bits per heavy atom. The van der Waals surface area contributed by atoms with E-state index in [1.807, 2.05) is 78.2 Å². The molecule has 0 atom stereocenters. The monoisotopic (exact) mass is 493 g/mol. The first kappa shape index (κ1) is 21.8. The van der Waals surface area contributed by atoms with Crippen LogP contribution in [0, 0.1) is 0 Å². The van der Waals surface area contributed by atoms with E-state index in [0.29, 0.717) is 16.3 Å². The summed E-state index contributed by atoms with van der Waals surface area (Å²) in [6.45, 7) is 0. The van der Waals surface area contributed by atoms with Gasteiger partial charge in [-0.3, -0.25) is 0 Å². The Bertz CT molecular complexity index is 1750. The SMILES string of the molecule is Oc1c(O)c(O)c(-c2c3ccccc3c(-c3nccs3)c3ccc(-c4ccccc4)cc23)c(O)c1O. The van der Waals surface area contributed by atoms with Gasteiger partial charge in [-0.2, -0.15) is 0 Å². The molecule has 1 aromatic heterocycles. The normalized spacial score (nSPS) is 11.3. The number of phenols is 5. The summed E-state index contributed by atoms with van der Waals surface area (Å²) in [6, 6.07) is 23.2. The fourth-order valence-corrected chi connectivity index (χ4v) is 5.47. The molecule has 0 aliphatic rings. The molecule has 36 heavy (non-hydrogen) atoms. The molecule has 0 spiro atoms. The highest BCUT2D eigenvalue weighted by atomic mass is 32.1. The summed E-state index contributed by atoms with van der Waals surface area (Å²) in [6.07, 6.45) is 1.74. The van der Waals surface area contributed by atoms with Crippen molar-refractivity contribution in [1.82, 2.24) is 4.98 Å². The van der Waals surface area contributed by atoms with Crippen molar-refractivity contribution in [3.8, 4) is 61.6 Å². The second-order valence-electron chi connectivity index (χ2n) is 8.38. The summed E-state index contributed by atoms with van der Waals surface area (Å²) in [7, 11) is 0. The molecule has 0 saturated heterocycles. The van der Waals surface area contributed by atoms with E-state index in [4.69, 9.17) is 0 Å². The summed E-state index contributed by atoms with van der Waals surface area (Å²) in [4.78, 5) is 4.55. The molecule has 0 amide bonds. The van der Waals surface area contributed by atoms with Crippen molar-refractivity contribution in [2.24, 2.45) is 0 Å². The number of nitrogens with zero attached hydrogens (tertiary/aromatic N) is 1. The van der Waals surface area contributed by atoms with Gasteiger partial charge in [-0.05, 0) is 38.7 Å². The maximum absolute atomic E-state index is 10.9. The topological polar surface area (TPSA) is 114 Å². The predicted octanol–water partition coefficient (Wildman–Crippen LogP) is 6.98. The molecule has 1 heterocycles. The first-order valence-electron chi connectivity index (χ1n) is 11.1. The van der Waals surface area contributed by atoms with Crippen LogP contribution in [-0.4, -0.2) is 30.5 Å². The third kappa shape index (κ3) is 3.14. The molecular weight excluding hydrogens is 474 g/mol. The van der Waals surface area contributed by atoms with Gasteiger partial charge in [-0.25, -0.2) is 4.98 Å². The van der Waals surface area contributed by atoms with Crippen LogP contribution in [0.5, 0.6) is 28.7 Å². The molecule has 5 N–H and O–H groups in total. The smallest absolute Gasteiger partial charge is 0.208 e. The lowest BCUT2D eigenvalue weighted by Crippen LogP contribution is -1.93. The van der Waals surface area contributed by atoms with E-state index >= 15 is 0 Å². The highest BCUT2D eigenvalue weighted by molar-refractivity contribution is 7.13. The Morgan fingerprint density at radius 2 is 1.08 bits per heavy atom. The van der Waals surface area contributed by atoms with Crippen molar-refractivity contribution in [3.05, 3.63) is 84.4 Å². The van der Waals surface area contributed by atoms with Crippen LogP contribution < -0.4 is 0 Å². The number of fused-ring (bicyclic) bond motifs is 2. The fraction of sp³-hybridized carbons (Fsp3) is 0. The van der Waals surface area contributed by atoms with Crippen LogP contribution in [0.25, 0.3) is 54.4 Å². The number of thiazole rings is 1. The Labute approximate surface area is 209 Å². The zero-order valence-electron chi connectivity index (χ0n) is 18.7. The minimum absolute atomic E-state index is 0.181. The average molecular weight is 494 g/mol. The van der Waals surface area contributed by atoms with Gasteiger partial charge < -0.3 is 25.5 Å². The fourth-order valence-electron chi connectivity index (χ4n) is 4.76. The van der Waals surface area contributed by atoms with E-state index in [1.54, 1.807) is 6.20 Å². The molecule has 0 aliphatic heterocycles. The second kappa shape index (κ2) is 8.18. The lowest BCUT2D eigenvalue weighted by atomic mass is 9.86. The number of hydrogen-bond acceptors (Lipinski definition) is 7. The average Bonchev–Trinajstić information content (AvgIpc) is 3.45. The van der Waals surface area contributed by atoms with Gasteiger partial charge in [0.25, 0.3) is 0 Å². The maximum Gasteiger partial charge on any atom is 0.208 e. The minimum Gasteiger partial charge on any atom is -0.504 e. The second-order valence-corrected chi connectivity index (χ2v) is 9.27. The van der Waals surface area contributed by atoms with Crippen molar-refractivity contribution < 1.29 is 25.5 Å². The van der Waals surface area contributed by atoms with Gasteiger partial charge in [0.15, 0.2) is 11.5 Å². The van der Waals surface area contributed by atoms with Crippen LogP contribution in [0.4, 0.5) is 0 Å². The Hall–Kier alpha value is -4.75. The minimum atomic E-state index is -0.994. The summed E-state index contributed by atoms with van der Waals surface area (Å²) in [5.41, 5.74) is 2.99. The van der Waals surface area contributed by atoms with Gasteiger partial charge in [-0.15, -0.1) is 11.3 Å². The molecule has 6 aromatic rings. The van der Waals surface area contributed by atoms with E-state index in [-0.39, 0.29) is 5.56 Å². The lowest BCUT2D eigenvalue weighted by molar-refractivity contribution is 0.330. The number of phenolic OH excluding ortho intramolecular Hbond substituents is 5. The van der Waals surface area contributed by atoms with E-state index < -0.39 is 28.7 Å². The van der Waals surface area contributed by atoms with Gasteiger partial charge in [-0.1, -0.05) is 66.7 Å². The summed E-state index contributed by atoms with van der Waals surface area (Å²) in [5.74, 6) is -4.30. The molecule has 0 bridgehead atoms. The number of aromatic nitrogens is 1. The predicted molar refractivity (Wildman–Crippen MR) is 142 cm³/mol. The molecule has 5 aromatic carbocycles. The quantitative estimate of drug-likeness (QED) is 0.103. The third-order valence-corrected chi connectivity index (χ3v) is 7.19. The van der Waals surface area contributed by atoms with Crippen LogP contribution >= 0.6 is 11.3 Å². The number of benzene rings is 5. The Balaban J connectivity index is 1.85.